The molecular weight excluding hydrogens is 936 g/mol. The number of carbonyl (C=O) groups is 3. The summed E-state index contributed by atoms with van der Waals surface area (Å²) in [6.45, 7) is 7.75. The van der Waals surface area contributed by atoms with E-state index in [9.17, 15) is 23.2 Å². The molecule has 17 heteroatoms. The molecule has 0 unspecified atom stereocenters. The molecule has 0 fully saturated rings. The van der Waals surface area contributed by atoms with E-state index in [0.29, 0.717) is 72.6 Å². The zero-order valence-electron chi connectivity index (χ0n) is 38.5. The third-order valence-electron chi connectivity index (χ3n) is 11.0. The summed E-state index contributed by atoms with van der Waals surface area (Å²) in [5.74, 6) is -1.51. The highest BCUT2D eigenvalue weighted by Gasteiger charge is 2.17. The van der Waals surface area contributed by atoms with Crippen LogP contribution in [0.15, 0.2) is 122 Å². The van der Waals surface area contributed by atoms with Gasteiger partial charge in [0.2, 0.25) is 0 Å². The SMILES string of the molecule is CC(C)(C)OC(=O)NCc1ccc(Cc2cncc(C(=O)NCc3cc4c(Cl)c[nH]c4cc3F)c2)cn1.Cc1ccc2ncc(Cc3cc(C(=O)NCc4cc5c(Cl)c[nH]c5cc4F)ccn3)cc2c1. The zero-order chi connectivity index (χ0) is 49.5. The van der Waals surface area contributed by atoms with Crippen molar-refractivity contribution in [1.29, 1.82) is 0 Å². The molecule has 0 bridgehead atoms. The van der Waals surface area contributed by atoms with Gasteiger partial charge in [0.25, 0.3) is 11.8 Å². The van der Waals surface area contributed by atoms with E-state index in [4.69, 9.17) is 27.9 Å². The number of aromatic nitrogens is 6. The number of hydrogen-bond donors (Lipinski definition) is 5. The zero-order valence-corrected chi connectivity index (χ0v) is 40.0. The van der Waals surface area contributed by atoms with Gasteiger partial charge in [-0.2, -0.15) is 0 Å². The quantitative estimate of drug-likeness (QED) is 0.0802. The van der Waals surface area contributed by atoms with Gasteiger partial charge in [0, 0.05) is 119 Å². The van der Waals surface area contributed by atoms with Gasteiger partial charge < -0.3 is 30.7 Å². The molecule has 9 aromatic rings. The van der Waals surface area contributed by atoms with Crippen molar-refractivity contribution >= 4 is 73.8 Å². The molecule has 6 aromatic heterocycles. The van der Waals surface area contributed by atoms with Crippen molar-refractivity contribution < 1.29 is 27.9 Å². The van der Waals surface area contributed by atoms with Gasteiger partial charge in [0.05, 0.1) is 33.4 Å². The Hall–Kier alpha value is -7.75. The lowest BCUT2D eigenvalue weighted by atomic mass is 10.1. The summed E-state index contributed by atoms with van der Waals surface area (Å²) >= 11 is 12.2. The molecule has 0 spiro atoms. The number of pyridine rings is 4. The Balaban J connectivity index is 0.000000189. The van der Waals surface area contributed by atoms with Crippen LogP contribution < -0.4 is 16.0 Å². The molecule has 3 aromatic carbocycles. The van der Waals surface area contributed by atoms with Crippen molar-refractivity contribution in [2.24, 2.45) is 0 Å². The number of aromatic amines is 2. The summed E-state index contributed by atoms with van der Waals surface area (Å²) < 4.78 is 34.0. The van der Waals surface area contributed by atoms with Crippen LogP contribution in [0.25, 0.3) is 32.7 Å². The smallest absolute Gasteiger partial charge is 0.407 e. The summed E-state index contributed by atoms with van der Waals surface area (Å²) in [4.78, 5) is 60.5. The monoisotopic (exact) mass is 981 g/mol. The molecule has 0 saturated heterocycles. The van der Waals surface area contributed by atoms with E-state index >= 15 is 0 Å². The van der Waals surface area contributed by atoms with Crippen LogP contribution in [0.3, 0.4) is 0 Å². The van der Waals surface area contributed by atoms with Gasteiger partial charge in [0.1, 0.15) is 17.2 Å². The molecule has 0 aliphatic rings. The van der Waals surface area contributed by atoms with Gasteiger partial charge in [0.15, 0.2) is 0 Å². The molecule has 0 saturated carbocycles. The fourth-order valence-electron chi connectivity index (χ4n) is 7.54. The molecule has 0 aliphatic carbocycles. The average molecular weight is 983 g/mol. The molecule has 3 amide bonds. The fraction of sp³-hybridized carbons (Fsp3) is 0.189. The molecule has 0 radical (unpaired) electrons. The first-order chi connectivity index (χ1) is 33.5. The van der Waals surface area contributed by atoms with E-state index in [-0.39, 0.29) is 31.4 Å². The summed E-state index contributed by atoms with van der Waals surface area (Å²) in [6.07, 6.45) is 12.1. The Morgan fingerprint density at radius 3 is 1.91 bits per heavy atom. The number of alkyl carbamates (subject to hydrolysis) is 1. The van der Waals surface area contributed by atoms with Crippen LogP contribution in [0.5, 0.6) is 0 Å². The maximum atomic E-state index is 14.4. The van der Waals surface area contributed by atoms with Crippen LogP contribution in [0.2, 0.25) is 10.0 Å². The van der Waals surface area contributed by atoms with Crippen molar-refractivity contribution in [3.8, 4) is 0 Å². The highest BCUT2D eigenvalue weighted by atomic mass is 35.5. The van der Waals surface area contributed by atoms with E-state index in [1.54, 1.807) is 82.1 Å². The summed E-state index contributed by atoms with van der Waals surface area (Å²) in [5, 5.41) is 11.7. The predicted octanol–water partition coefficient (Wildman–Crippen LogP) is 11.0. The van der Waals surface area contributed by atoms with E-state index in [2.05, 4.69) is 58.0 Å². The minimum atomic E-state index is -0.567. The summed E-state index contributed by atoms with van der Waals surface area (Å²) in [5.41, 5.74) is 8.47. The molecule has 5 N–H and O–H groups in total. The molecule has 70 heavy (non-hydrogen) atoms. The van der Waals surface area contributed by atoms with Gasteiger partial charge in [-0.15, -0.1) is 0 Å². The van der Waals surface area contributed by atoms with E-state index in [1.807, 2.05) is 37.4 Å². The third kappa shape index (κ3) is 12.5. The first kappa shape index (κ1) is 48.7. The lowest BCUT2D eigenvalue weighted by Crippen LogP contribution is -2.32. The molecule has 0 aliphatic heterocycles. The first-order valence-electron chi connectivity index (χ1n) is 22.1. The number of nitrogens with zero attached hydrogens (tertiary/aromatic N) is 4. The number of carbonyl (C=O) groups excluding carboxylic acids is 3. The number of halogens is 4. The van der Waals surface area contributed by atoms with Crippen molar-refractivity contribution in [3.05, 3.63) is 200 Å². The normalized spacial score (nSPS) is 11.3. The number of amides is 3. The maximum absolute atomic E-state index is 14.4. The maximum Gasteiger partial charge on any atom is 0.407 e. The second-order valence-electron chi connectivity index (χ2n) is 17.6. The molecular formula is C53H47Cl2F2N9O4. The molecule has 0 atom stereocenters. The van der Waals surface area contributed by atoms with Crippen LogP contribution in [0, 0.1) is 18.6 Å². The van der Waals surface area contributed by atoms with Crippen LogP contribution in [0.4, 0.5) is 13.6 Å². The number of aryl methyl sites for hydroxylation is 1. The fourth-order valence-corrected chi connectivity index (χ4v) is 7.96. The third-order valence-corrected chi connectivity index (χ3v) is 11.6. The Labute approximate surface area is 411 Å². The number of H-pyrrole nitrogens is 2. The molecule has 356 valence electrons. The van der Waals surface area contributed by atoms with Crippen molar-refractivity contribution in [1.82, 2.24) is 45.9 Å². The van der Waals surface area contributed by atoms with Gasteiger partial charge in [-0.3, -0.25) is 29.5 Å². The Morgan fingerprint density at radius 2 is 1.27 bits per heavy atom. The van der Waals surface area contributed by atoms with E-state index in [0.717, 1.165) is 33.3 Å². The lowest BCUT2D eigenvalue weighted by Gasteiger charge is -2.19. The number of hydrogen-bond acceptors (Lipinski definition) is 8. The highest BCUT2D eigenvalue weighted by Crippen LogP contribution is 2.27. The van der Waals surface area contributed by atoms with Gasteiger partial charge in [-0.1, -0.05) is 40.9 Å². The number of nitrogens with one attached hydrogen (secondary N) is 5. The average Bonchev–Trinajstić information content (AvgIpc) is 3.88. The highest BCUT2D eigenvalue weighted by molar-refractivity contribution is 6.36. The predicted molar refractivity (Wildman–Crippen MR) is 267 cm³/mol. The van der Waals surface area contributed by atoms with Crippen LogP contribution >= 0.6 is 23.2 Å². The molecule has 6 heterocycles. The van der Waals surface area contributed by atoms with Crippen LogP contribution in [-0.2, 0) is 37.2 Å². The minimum Gasteiger partial charge on any atom is -0.444 e. The number of benzene rings is 3. The minimum absolute atomic E-state index is 0.00898. The van der Waals surface area contributed by atoms with Crippen LogP contribution in [-0.4, -0.2) is 53.4 Å². The Bertz CT molecular complexity index is 3390. The van der Waals surface area contributed by atoms with Crippen molar-refractivity contribution in [2.75, 3.05) is 0 Å². The number of fused-ring (bicyclic) bond motifs is 3. The number of ether oxygens (including phenoxy) is 1. The summed E-state index contributed by atoms with van der Waals surface area (Å²) in [7, 11) is 0. The Kier molecular flexibility index (Phi) is 14.8. The molecule has 9 rings (SSSR count). The van der Waals surface area contributed by atoms with E-state index < -0.39 is 23.3 Å². The standard InChI is InChI=1S/C27H27ClFN5O3.C26H20ClFN4O/c1-27(2,3)37-26(36)34-14-20-5-4-16(11-31-20)6-17-7-19(12-30-10-17)25(35)33-13-18-8-21-22(28)15-32-24(21)9-23(18)29;1-15-2-3-24-18(6-15)7-16(12-30-24)8-20-9-17(4-5-29-20)26(33)32-13-19-10-21-22(27)14-31-25(21)11-23(19)28/h4-5,7-12,15,32H,6,13-14H2,1-3H3,(H,33,35)(H,34,36);2-7,9-12,14,31H,8,13H2,1H3,(H,32,33). The van der Waals surface area contributed by atoms with Gasteiger partial charge >= 0.3 is 6.09 Å². The number of rotatable bonds is 12. The van der Waals surface area contributed by atoms with Gasteiger partial charge in [-0.25, -0.2) is 13.6 Å². The van der Waals surface area contributed by atoms with Gasteiger partial charge in [-0.05, 0) is 111 Å². The lowest BCUT2D eigenvalue weighted by molar-refractivity contribution is 0.0522. The second-order valence-corrected chi connectivity index (χ2v) is 18.5. The van der Waals surface area contributed by atoms with Crippen LogP contribution in [0.1, 0.15) is 86.3 Å². The van der Waals surface area contributed by atoms with Crippen molar-refractivity contribution in [3.63, 3.8) is 0 Å². The largest absolute Gasteiger partial charge is 0.444 e. The topological polar surface area (TPSA) is 180 Å². The van der Waals surface area contributed by atoms with Crippen molar-refractivity contribution in [2.45, 2.75) is 65.8 Å². The van der Waals surface area contributed by atoms with E-state index in [1.165, 1.54) is 23.9 Å². The molecule has 13 nitrogen and oxygen atoms in total. The first-order valence-corrected chi connectivity index (χ1v) is 22.9. The summed E-state index contributed by atoms with van der Waals surface area (Å²) in [6, 6.07) is 23.1. The Morgan fingerprint density at radius 1 is 0.629 bits per heavy atom. The second kappa shape index (κ2) is 21.3.